The summed E-state index contributed by atoms with van der Waals surface area (Å²) in [6, 6.07) is 9.38. The molecule has 3 aromatic rings. The van der Waals surface area contributed by atoms with E-state index in [-0.39, 0.29) is 11.3 Å². The van der Waals surface area contributed by atoms with E-state index in [9.17, 15) is 4.79 Å². The highest BCUT2D eigenvalue weighted by Gasteiger charge is 2.22. The van der Waals surface area contributed by atoms with Gasteiger partial charge in [-0.3, -0.25) is 4.79 Å². The van der Waals surface area contributed by atoms with Gasteiger partial charge in [0, 0.05) is 25.0 Å². The Morgan fingerprint density at radius 2 is 1.78 bits per heavy atom. The van der Waals surface area contributed by atoms with Crippen LogP contribution in [0.15, 0.2) is 30.3 Å². The molecule has 3 rings (SSSR count). The highest BCUT2D eigenvalue weighted by Crippen LogP contribution is 2.41. The Hall–Kier alpha value is -1.36. The number of benzene rings is 1. The molecule has 120 valence electrons. The van der Waals surface area contributed by atoms with Gasteiger partial charge in [0.1, 0.15) is 0 Å². The largest absolute Gasteiger partial charge is 0.321 e. The zero-order valence-corrected chi connectivity index (χ0v) is 15.9. The highest BCUT2D eigenvalue weighted by atomic mass is 35.5. The molecule has 0 radical (unpaired) electrons. The quantitative estimate of drug-likeness (QED) is 0.555. The number of hydrogen-bond acceptors (Lipinski definition) is 3. The molecule has 0 saturated carbocycles. The molecule has 0 saturated heterocycles. The Balaban J connectivity index is 1.90. The Labute approximate surface area is 149 Å². The van der Waals surface area contributed by atoms with Crippen molar-refractivity contribution in [1.82, 2.24) is 0 Å². The minimum atomic E-state index is -0.0597. The van der Waals surface area contributed by atoms with Gasteiger partial charge < -0.3 is 5.32 Å². The first-order valence-corrected chi connectivity index (χ1v) is 9.37. The summed E-state index contributed by atoms with van der Waals surface area (Å²) in [5.41, 5.74) is 1.96. The molecule has 0 aliphatic heterocycles. The van der Waals surface area contributed by atoms with E-state index in [0.717, 1.165) is 16.1 Å². The molecular weight excluding hydrogens is 346 g/mol. The zero-order chi connectivity index (χ0) is 16.8. The van der Waals surface area contributed by atoms with Gasteiger partial charge >= 0.3 is 0 Å². The van der Waals surface area contributed by atoms with Crippen LogP contribution in [0.5, 0.6) is 0 Å². The second-order valence-corrected chi connectivity index (χ2v) is 9.11. The van der Waals surface area contributed by atoms with Crippen LogP contribution in [0.1, 0.15) is 40.9 Å². The zero-order valence-electron chi connectivity index (χ0n) is 13.5. The fourth-order valence-electron chi connectivity index (χ4n) is 2.31. The SMILES string of the molecule is Cc1c(C(=O)Nc2ccc(Cl)cc2)sc2cc(C(C)(C)C)sc12. The van der Waals surface area contributed by atoms with Gasteiger partial charge in [0.05, 0.1) is 4.88 Å². The molecule has 2 nitrogen and oxygen atoms in total. The van der Waals surface area contributed by atoms with Crippen molar-refractivity contribution in [3.8, 4) is 0 Å². The van der Waals surface area contributed by atoms with E-state index in [1.165, 1.54) is 14.3 Å². The maximum Gasteiger partial charge on any atom is 0.266 e. The summed E-state index contributed by atoms with van der Waals surface area (Å²) >= 11 is 9.23. The van der Waals surface area contributed by atoms with Crippen LogP contribution in [0.3, 0.4) is 0 Å². The van der Waals surface area contributed by atoms with E-state index in [0.29, 0.717) is 5.02 Å². The van der Waals surface area contributed by atoms with Gasteiger partial charge in [0.15, 0.2) is 0 Å². The van der Waals surface area contributed by atoms with Gasteiger partial charge in [-0.25, -0.2) is 0 Å². The van der Waals surface area contributed by atoms with Crippen molar-refractivity contribution in [2.24, 2.45) is 0 Å². The van der Waals surface area contributed by atoms with E-state index in [1.54, 1.807) is 34.8 Å². The lowest BCUT2D eigenvalue weighted by Crippen LogP contribution is -2.11. The monoisotopic (exact) mass is 363 g/mol. The average molecular weight is 364 g/mol. The van der Waals surface area contributed by atoms with Crippen molar-refractivity contribution in [3.63, 3.8) is 0 Å². The smallest absolute Gasteiger partial charge is 0.266 e. The van der Waals surface area contributed by atoms with E-state index < -0.39 is 0 Å². The van der Waals surface area contributed by atoms with Crippen molar-refractivity contribution in [3.05, 3.63) is 50.7 Å². The van der Waals surface area contributed by atoms with Crippen LogP contribution in [0.25, 0.3) is 9.40 Å². The first kappa shape index (κ1) is 16.5. The van der Waals surface area contributed by atoms with Crippen molar-refractivity contribution in [1.29, 1.82) is 0 Å². The van der Waals surface area contributed by atoms with Crippen LogP contribution in [0.2, 0.25) is 5.02 Å². The van der Waals surface area contributed by atoms with Gasteiger partial charge in [0.2, 0.25) is 0 Å². The fraction of sp³-hybridized carbons (Fsp3) is 0.278. The molecule has 0 unspecified atom stereocenters. The van der Waals surface area contributed by atoms with Crippen LogP contribution >= 0.6 is 34.3 Å². The summed E-state index contributed by atoms with van der Waals surface area (Å²) in [5.74, 6) is -0.0597. The molecule has 1 N–H and O–H groups in total. The molecule has 1 aromatic carbocycles. The molecule has 0 spiro atoms. The molecular formula is C18H18ClNOS2. The molecule has 23 heavy (non-hydrogen) atoms. The first-order valence-electron chi connectivity index (χ1n) is 7.36. The number of nitrogens with one attached hydrogen (secondary N) is 1. The third-order valence-corrected chi connectivity index (χ3v) is 6.94. The number of amides is 1. The predicted molar refractivity (Wildman–Crippen MR) is 103 cm³/mol. The minimum absolute atomic E-state index is 0.0597. The molecule has 2 heterocycles. The third-order valence-electron chi connectivity index (χ3n) is 3.64. The number of anilines is 1. The lowest BCUT2D eigenvalue weighted by atomic mass is 9.95. The minimum Gasteiger partial charge on any atom is -0.321 e. The van der Waals surface area contributed by atoms with Crippen molar-refractivity contribution in [2.45, 2.75) is 33.1 Å². The second-order valence-electron chi connectivity index (χ2n) is 6.57. The molecule has 0 fully saturated rings. The number of rotatable bonds is 2. The topological polar surface area (TPSA) is 29.1 Å². The van der Waals surface area contributed by atoms with Gasteiger partial charge in [-0.1, -0.05) is 32.4 Å². The predicted octanol–water partition coefficient (Wildman–Crippen LogP) is 6.47. The molecule has 0 aliphatic rings. The van der Waals surface area contributed by atoms with Crippen LogP contribution in [0, 0.1) is 6.92 Å². The van der Waals surface area contributed by atoms with E-state index in [1.807, 2.05) is 19.1 Å². The number of aryl methyl sites for hydroxylation is 1. The number of carbonyl (C=O) groups is 1. The molecule has 1 amide bonds. The lowest BCUT2D eigenvalue weighted by molar-refractivity contribution is 0.103. The molecule has 0 bridgehead atoms. The molecule has 0 aliphatic carbocycles. The van der Waals surface area contributed by atoms with Crippen LogP contribution in [-0.2, 0) is 5.41 Å². The standard InChI is InChI=1S/C18H18ClNOS2/c1-10-15-13(9-14(23-15)18(2,3)4)22-16(10)17(21)20-12-7-5-11(19)6-8-12/h5-9H,1-4H3,(H,20,21). The van der Waals surface area contributed by atoms with E-state index in [4.69, 9.17) is 11.6 Å². The normalized spacial score (nSPS) is 11.9. The number of carbonyl (C=O) groups excluding carboxylic acids is 1. The fourth-order valence-corrected chi connectivity index (χ4v) is 4.98. The van der Waals surface area contributed by atoms with E-state index in [2.05, 4.69) is 32.2 Å². The highest BCUT2D eigenvalue weighted by molar-refractivity contribution is 7.29. The number of halogens is 1. The summed E-state index contributed by atoms with van der Waals surface area (Å²) in [5, 5.41) is 3.60. The summed E-state index contributed by atoms with van der Waals surface area (Å²) in [6.07, 6.45) is 0. The van der Waals surface area contributed by atoms with Crippen LogP contribution in [0.4, 0.5) is 5.69 Å². The Kier molecular flexibility index (Phi) is 4.25. The van der Waals surface area contributed by atoms with E-state index >= 15 is 0 Å². The molecule has 2 aromatic heterocycles. The Bertz CT molecular complexity index is 869. The lowest BCUT2D eigenvalue weighted by Gasteiger charge is -2.15. The number of fused-ring (bicyclic) bond motifs is 1. The molecule has 0 atom stereocenters. The van der Waals surface area contributed by atoms with Crippen LogP contribution in [-0.4, -0.2) is 5.91 Å². The Morgan fingerprint density at radius 1 is 1.13 bits per heavy atom. The Morgan fingerprint density at radius 3 is 2.35 bits per heavy atom. The molecule has 5 heteroatoms. The summed E-state index contributed by atoms with van der Waals surface area (Å²) in [7, 11) is 0. The first-order chi connectivity index (χ1) is 10.8. The van der Waals surface area contributed by atoms with Crippen LogP contribution < -0.4 is 5.32 Å². The summed E-state index contributed by atoms with van der Waals surface area (Å²) in [6.45, 7) is 8.67. The van der Waals surface area contributed by atoms with Crippen molar-refractivity contribution in [2.75, 3.05) is 5.32 Å². The average Bonchev–Trinajstić information content (AvgIpc) is 3.01. The number of thiophene rings is 2. The number of hydrogen-bond donors (Lipinski definition) is 1. The van der Waals surface area contributed by atoms with Crippen molar-refractivity contribution < 1.29 is 4.79 Å². The summed E-state index contributed by atoms with van der Waals surface area (Å²) in [4.78, 5) is 14.7. The van der Waals surface area contributed by atoms with Gasteiger partial charge in [-0.05, 0) is 48.2 Å². The van der Waals surface area contributed by atoms with Gasteiger partial charge in [0.25, 0.3) is 5.91 Å². The maximum absolute atomic E-state index is 12.5. The van der Waals surface area contributed by atoms with Gasteiger partial charge in [-0.2, -0.15) is 0 Å². The van der Waals surface area contributed by atoms with Crippen molar-refractivity contribution >= 4 is 55.3 Å². The second kappa shape index (κ2) is 5.93. The maximum atomic E-state index is 12.5. The van der Waals surface area contributed by atoms with Gasteiger partial charge in [-0.15, -0.1) is 22.7 Å². The summed E-state index contributed by atoms with van der Waals surface area (Å²) < 4.78 is 2.42. The third kappa shape index (κ3) is 3.30.